The minimum atomic E-state index is 0.602. The van der Waals surface area contributed by atoms with Crippen molar-refractivity contribution < 1.29 is 0 Å². The van der Waals surface area contributed by atoms with E-state index in [1.807, 2.05) is 42.5 Å². The lowest BCUT2D eigenvalue weighted by molar-refractivity contribution is 0.407. The maximum atomic E-state index is 6.36. The molecule has 0 spiro atoms. The minimum Gasteiger partial charge on any atom is -0.339 e. The molecule has 5 heteroatoms. The van der Waals surface area contributed by atoms with Gasteiger partial charge < -0.3 is 10.2 Å². The largest absolute Gasteiger partial charge is 0.339 e. The lowest BCUT2D eigenvalue weighted by Gasteiger charge is -2.26. The highest BCUT2D eigenvalue weighted by atomic mass is 35.5. The fourth-order valence-corrected chi connectivity index (χ4v) is 3.19. The SMILES string of the molecule is CCc1ccc(NC(=S)N(Cc2ccccn2)Cc2ccccc2Cl)cc1. The van der Waals surface area contributed by atoms with Crippen molar-refractivity contribution in [3.63, 3.8) is 0 Å². The molecule has 0 amide bonds. The summed E-state index contributed by atoms with van der Waals surface area (Å²) in [5.74, 6) is 0. The summed E-state index contributed by atoms with van der Waals surface area (Å²) in [7, 11) is 0. The first-order valence-electron chi connectivity index (χ1n) is 8.94. The van der Waals surface area contributed by atoms with Crippen LogP contribution in [0.5, 0.6) is 0 Å². The summed E-state index contributed by atoms with van der Waals surface area (Å²) in [6.45, 7) is 3.35. The topological polar surface area (TPSA) is 28.2 Å². The molecule has 0 aliphatic rings. The Labute approximate surface area is 171 Å². The Kier molecular flexibility index (Phi) is 6.80. The maximum Gasteiger partial charge on any atom is 0.174 e. The molecule has 0 atom stereocenters. The van der Waals surface area contributed by atoms with Crippen LogP contribution in [0, 0.1) is 0 Å². The number of nitrogens with zero attached hydrogens (tertiary/aromatic N) is 2. The Balaban J connectivity index is 1.79. The van der Waals surface area contributed by atoms with Crippen molar-refractivity contribution in [2.75, 3.05) is 5.32 Å². The van der Waals surface area contributed by atoms with E-state index < -0.39 is 0 Å². The van der Waals surface area contributed by atoms with E-state index in [0.717, 1.165) is 28.4 Å². The van der Waals surface area contributed by atoms with Crippen LogP contribution >= 0.6 is 23.8 Å². The van der Waals surface area contributed by atoms with Gasteiger partial charge in [-0.1, -0.05) is 54.9 Å². The lowest BCUT2D eigenvalue weighted by Crippen LogP contribution is -2.34. The Hall–Kier alpha value is -2.43. The van der Waals surface area contributed by atoms with Gasteiger partial charge in [0.2, 0.25) is 0 Å². The Morgan fingerprint density at radius 1 is 1.00 bits per heavy atom. The van der Waals surface area contributed by atoms with Crippen LogP contribution < -0.4 is 5.32 Å². The van der Waals surface area contributed by atoms with Crippen LogP contribution in [0.15, 0.2) is 72.9 Å². The van der Waals surface area contributed by atoms with Gasteiger partial charge >= 0.3 is 0 Å². The Morgan fingerprint density at radius 3 is 2.41 bits per heavy atom. The number of hydrogen-bond donors (Lipinski definition) is 1. The number of rotatable bonds is 6. The second-order valence-electron chi connectivity index (χ2n) is 6.25. The van der Waals surface area contributed by atoms with Crippen molar-refractivity contribution in [2.45, 2.75) is 26.4 Å². The monoisotopic (exact) mass is 395 g/mol. The van der Waals surface area contributed by atoms with E-state index >= 15 is 0 Å². The summed E-state index contributed by atoms with van der Waals surface area (Å²) in [5, 5.41) is 4.72. The smallest absolute Gasteiger partial charge is 0.174 e. The van der Waals surface area contributed by atoms with Crippen LogP contribution in [0.25, 0.3) is 0 Å². The zero-order valence-electron chi connectivity index (χ0n) is 15.2. The third kappa shape index (κ3) is 5.52. The van der Waals surface area contributed by atoms with Crippen LogP contribution in [0.3, 0.4) is 0 Å². The number of halogens is 1. The first kappa shape index (κ1) is 19.3. The van der Waals surface area contributed by atoms with Crippen molar-refractivity contribution in [3.05, 3.63) is 94.8 Å². The standard InChI is InChI=1S/C22H22ClN3S/c1-2-17-10-12-19(13-11-17)25-22(27)26(16-20-8-5-6-14-24-20)15-18-7-3-4-9-21(18)23/h3-14H,2,15-16H2,1H3,(H,25,27). The number of aryl methyl sites for hydroxylation is 1. The van der Waals surface area contributed by atoms with Crippen LogP contribution in [0.2, 0.25) is 5.02 Å². The van der Waals surface area contributed by atoms with Crippen LogP contribution in [-0.2, 0) is 19.5 Å². The molecule has 0 saturated carbocycles. The van der Waals surface area contributed by atoms with Crippen molar-refractivity contribution >= 4 is 34.6 Å². The number of thiocarbonyl (C=S) groups is 1. The van der Waals surface area contributed by atoms with E-state index in [-0.39, 0.29) is 0 Å². The van der Waals surface area contributed by atoms with Gasteiger partial charge in [-0.25, -0.2) is 0 Å². The van der Waals surface area contributed by atoms with E-state index in [9.17, 15) is 0 Å². The van der Waals surface area contributed by atoms with Crippen molar-refractivity contribution in [2.24, 2.45) is 0 Å². The molecule has 0 fully saturated rings. The van der Waals surface area contributed by atoms with Crippen LogP contribution in [-0.4, -0.2) is 15.0 Å². The van der Waals surface area contributed by atoms with Crippen LogP contribution in [0.1, 0.15) is 23.7 Å². The highest BCUT2D eigenvalue weighted by Gasteiger charge is 2.14. The summed E-state index contributed by atoms with van der Waals surface area (Å²) in [4.78, 5) is 6.51. The third-order valence-corrected chi connectivity index (χ3v) is 5.03. The minimum absolute atomic E-state index is 0.602. The third-order valence-electron chi connectivity index (χ3n) is 4.30. The molecule has 3 aromatic rings. The molecule has 0 unspecified atom stereocenters. The first-order valence-corrected chi connectivity index (χ1v) is 9.72. The molecule has 0 aliphatic heterocycles. The van der Waals surface area contributed by atoms with Gasteiger partial charge in [0.15, 0.2) is 5.11 Å². The number of benzene rings is 2. The summed E-state index contributed by atoms with van der Waals surface area (Å²) >= 11 is 12.1. The number of aromatic nitrogens is 1. The summed E-state index contributed by atoms with van der Waals surface area (Å²) in [5.41, 5.74) is 4.26. The highest BCUT2D eigenvalue weighted by molar-refractivity contribution is 7.80. The number of anilines is 1. The van der Waals surface area contributed by atoms with Gasteiger partial charge in [-0.05, 0) is 60.1 Å². The molecule has 3 rings (SSSR count). The van der Waals surface area contributed by atoms with Gasteiger partial charge in [-0.3, -0.25) is 4.98 Å². The quantitative estimate of drug-likeness (QED) is 0.542. The summed E-state index contributed by atoms with van der Waals surface area (Å²) in [6, 6.07) is 22.1. The van der Waals surface area contributed by atoms with E-state index in [1.165, 1.54) is 5.56 Å². The van der Waals surface area contributed by atoms with E-state index in [1.54, 1.807) is 6.20 Å². The number of nitrogens with one attached hydrogen (secondary N) is 1. The maximum absolute atomic E-state index is 6.36. The highest BCUT2D eigenvalue weighted by Crippen LogP contribution is 2.19. The fourth-order valence-electron chi connectivity index (χ4n) is 2.75. The molecule has 1 heterocycles. The Morgan fingerprint density at radius 2 is 1.74 bits per heavy atom. The van der Waals surface area contributed by atoms with Gasteiger partial charge in [-0.2, -0.15) is 0 Å². The van der Waals surface area contributed by atoms with Gasteiger partial charge in [-0.15, -0.1) is 0 Å². The van der Waals surface area contributed by atoms with Gasteiger partial charge in [0.25, 0.3) is 0 Å². The second-order valence-corrected chi connectivity index (χ2v) is 7.04. The molecular formula is C22H22ClN3S. The molecule has 27 heavy (non-hydrogen) atoms. The number of hydrogen-bond acceptors (Lipinski definition) is 2. The normalized spacial score (nSPS) is 10.4. The molecule has 2 aromatic carbocycles. The molecule has 0 aliphatic carbocycles. The Bertz CT molecular complexity index is 882. The molecule has 0 radical (unpaired) electrons. The predicted octanol–water partition coefficient (Wildman–Crippen LogP) is 5.70. The average Bonchev–Trinajstić information content (AvgIpc) is 2.70. The summed E-state index contributed by atoms with van der Waals surface area (Å²) < 4.78 is 0. The zero-order valence-corrected chi connectivity index (χ0v) is 16.8. The molecule has 1 N–H and O–H groups in total. The molecular weight excluding hydrogens is 374 g/mol. The fraction of sp³-hybridized carbons (Fsp3) is 0.182. The molecule has 1 aromatic heterocycles. The van der Waals surface area contributed by atoms with Crippen molar-refractivity contribution in [1.29, 1.82) is 0 Å². The van der Waals surface area contributed by atoms with Gasteiger partial charge in [0.05, 0.1) is 12.2 Å². The van der Waals surface area contributed by atoms with Gasteiger partial charge in [0.1, 0.15) is 0 Å². The molecule has 138 valence electrons. The van der Waals surface area contributed by atoms with Crippen molar-refractivity contribution in [3.8, 4) is 0 Å². The van der Waals surface area contributed by atoms with Gasteiger partial charge in [0, 0.05) is 23.5 Å². The first-order chi connectivity index (χ1) is 13.2. The van der Waals surface area contributed by atoms with E-state index in [0.29, 0.717) is 18.2 Å². The zero-order chi connectivity index (χ0) is 19.1. The molecule has 3 nitrogen and oxygen atoms in total. The van der Waals surface area contributed by atoms with Crippen LogP contribution in [0.4, 0.5) is 5.69 Å². The average molecular weight is 396 g/mol. The number of pyridine rings is 1. The lowest BCUT2D eigenvalue weighted by atomic mass is 10.1. The predicted molar refractivity (Wildman–Crippen MR) is 117 cm³/mol. The van der Waals surface area contributed by atoms with Crippen molar-refractivity contribution in [1.82, 2.24) is 9.88 Å². The summed E-state index contributed by atoms with van der Waals surface area (Å²) in [6.07, 6.45) is 2.81. The van der Waals surface area contributed by atoms with E-state index in [2.05, 4.69) is 46.4 Å². The molecule has 0 saturated heterocycles. The molecule has 0 bridgehead atoms. The second kappa shape index (κ2) is 9.49. The van der Waals surface area contributed by atoms with E-state index in [4.69, 9.17) is 23.8 Å².